The van der Waals surface area contributed by atoms with E-state index in [1.165, 1.54) is 12.8 Å². The molecule has 0 spiro atoms. The second kappa shape index (κ2) is 5.51. The second-order valence-electron chi connectivity index (χ2n) is 4.31. The summed E-state index contributed by atoms with van der Waals surface area (Å²) in [6.07, 6.45) is 4.56. The highest BCUT2D eigenvalue weighted by molar-refractivity contribution is 5.09. The van der Waals surface area contributed by atoms with Crippen LogP contribution in [0.4, 0.5) is 0 Å². The number of likely N-dealkylation sites (N-methyl/N-ethyl adjacent to an activating group) is 1. The number of furan rings is 1. The van der Waals surface area contributed by atoms with E-state index in [1.54, 1.807) is 6.26 Å². The van der Waals surface area contributed by atoms with Crippen molar-refractivity contribution >= 4 is 0 Å². The molecule has 0 radical (unpaired) electrons. The van der Waals surface area contributed by atoms with Gasteiger partial charge in [-0.25, -0.2) is 0 Å². The third-order valence-electron chi connectivity index (χ3n) is 3.05. The number of nitrogens with one attached hydrogen (secondary N) is 1. The fourth-order valence-electron chi connectivity index (χ4n) is 2.19. The van der Waals surface area contributed by atoms with Gasteiger partial charge in [-0.15, -0.1) is 0 Å². The first kappa shape index (κ1) is 11.7. The molecule has 3 heteroatoms. The van der Waals surface area contributed by atoms with Gasteiger partial charge >= 0.3 is 0 Å². The maximum atomic E-state index is 5.88. The van der Waals surface area contributed by atoms with Crippen molar-refractivity contribution in [3.05, 3.63) is 24.2 Å². The Balaban J connectivity index is 2.09. The highest BCUT2D eigenvalue weighted by atomic mass is 16.5. The molecule has 2 unspecified atom stereocenters. The van der Waals surface area contributed by atoms with Crippen molar-refractivity contribution in [1.29, 1.82) is 0 Å². The van der Waals surface area contributed by atoms with Gasteiger partial charge in [0.25, 0.3) is 0 Å². The molecule has 2 atom stereocenters. The Morgan fingerprint density at radius 3 is 2.81 bits per heavy atom. The minimum absolute atomic E-state index is 0.201. The van der Waals surface area contributed by atoms with Crippen LogP contribution >= 0.6 is 0 Å². The molecule has 0 amide bonds. The second-order valence-corrected chi connectivity index (χ2v) is 4.31. The predicted molar refractivity (Wildman–Crippen MR) is 63.3 cm³/mol. The summed E-state index contributed by atoms with van der Waals surface area (Å²) in [4.78, 5) is 0. The smallest absolute Gasteiger partial charge is 0.123 e. The Bertz CT molecular complexity index is 293. The molecule has 1 N–H and O–H groups in total. The summed E-state index contributed by atoms with van der Waals surface area (Å²) in [5.41, 5.74) is 0. The molecule has 3 nitrogen and oxygen atoms in total. The van der Waals surface area contributed by atoms with E-state index in [2.05, 4.69) is 19.2 Å². The molecule has 16 heavy (non-hydrogen) atoms. The lowest BCUT2D eigenvalue weighted by Gasteiger charge is -2.26. The van der Waals surface area contributed by atoms with Gasteiger partial charge in [0.05, 0.1) is 18.4 Å². The highest BCUT2D eigenvalue weighted by Crippen LogP contribution is 2.40. The van der Waals surface area contributed by atoms with Gasteiger partial charge < -0.3 is 14.5 Å². The number of rotatable bonds is 7. The van der Waals surface area contributed by atoms with E-state index >= 15 is 0 Å². The average Bonchev–Trinajstić information content (AvgIpc) is 2.99. The lowest BCUT2D eigenvalue weighted by molar-refractivity contribution is 0.0136. The van der Waals surface area contributed by atoms with Crippen molar-refractivity contribution < 1.29 is 9.15 Å². The zero-order chi connectivity index (χ0) is 11.4. The zero-order valence-corrected chi connectivity index (χ0v) is 10.1. The third kappa shape index (κ3) is 2.66. The summed E-state index contributed by atoms with van der Waals surface area (Å²) in [5, 5.41) is 3.47. The Kier molecular flexibility index (Phi) is 4.02. The van der Waals surface area contributed by atoms with E-state index in [0.29, 0.717) is 5.92 Å². The molecule has 1 saturated carbocycles. The van der Waals surface area contributed by atoms with Gasteiger partial charge in [-0.3, -0.25) is 0 Å². The number of hydrogen-bond donors (Lipinski definition) is 1. The minimum atomic E-state index is 0.201. The van der Waals surface area contributed by atoms with E-state index in [-0.39, 0.29) is 12.1 Å². The molecule has 1 aliphatic rings. The normalized spacial score (nSPS) is 19.6. The molecule has 1 heterocycles. The molecule has 0 saturated heterocycles. The molecule has 0 bridgehead atoms. The largest absolute Gasteiger partial charge is 0.468 e. The van der Waals surface area contributed by atoms with Crippen molar-refractivity contribution in [3.63, 3.8) is 0 Å². The molecular formula is C13H21NO2. The SMILES string of the molecule is CCNC(c1ccco1)C(OCC)C1CC1. The van der Waals surface area contributed by atoms with Crippen molar-refractivity contribution in [2.45, 2.75) is 38.8 Å². The van der Waals surface area contributed by atoms with Crippen LogP contribution in [0, 0.1) is 5.92 Å². The van der Waals surface area contributed by atoms with Gasteiger partial charge in [-0.2, -0.15) is 0 Å². The fraction of sp³-hybridized carbons (Fsp3) is 0.692. The van der Waals surface area contributed by atoms with Crippen molar-refractivity contribution in [1.82, 2.24) is 5.32 Å². The first-order valence-corrected chi connectivity index (χ1v) is 6.25. The maximum Gasteiger partial charge on any atom is 0.123 e. The van der Waals surface area contributed by atoms with Crippen LogP contribution in [-0.2, 0) is 4.74 Å². The topological polar surface area (TPSA) is 34.4 Å². The monoisotopic (exact) mass is 223 g/mol. The molecule has 90 valence electrons. The Morgan fingerprint density at radius 1 is 1.50 bits per heavy atom. The fourth-order valence-corrected chi connectivity index (χ4v) is 2.19. The summed E-state index contributed by atoms with van der Waals surface area (Å²) in [6, 6.07) is 4.17. The average molecular weight is 223 g/mol. The van der Waals surface area contributed by atoms with E-state index in [9.17, 15) is 0 Å². The zero-order valence-electron chi connectivity index (χ0n) is 10.1. The van der Waals surface area contributed by atoms with Crippen molar-refractivity contribution in [2.24, 2.45) is 5.92 Å². The quantitative estimate of drug-likeness (QED) is 0.771. The van der Waals surface area contributed by atoms with Gasteiger partial charge in [0.2, 0.25) is 0 Å². The van der Waals surface area contributed by atoms with Gasteiger partial charge in [-0.05, 0) is 44.4 Å². The van der Waals surface area contributed by atoms with Crippen LogP contribution in [0.5, 0.6) is 0 Å². The molecule has 1 aliphatic carbocycles. The first-order chi connectivity index (χ1) is 7.86. The van der Waals surface area contributed by atoms with E-state index in [1.807, 2.05) is 12.1 Å². The molecule has 1 fully saturated rings. The van der Waals surface area contributed by atoms with Crippen LogP contribution in [0.2, 0.25) is 0 Å². The first-order valence-electron chi connectivity index (χ1n) is 6.25. The van der Waals surface area contributed by atoms with Crippen LogP contribution in [0.1, 0.15) is 38.5 Å². The van der Waals surface area contributed by atoms with Crippen LogP contribution in [0.25, 0.3) is 0 Å². The van der Waals surface area contributed by atoms with Crippen LogP contribution in [0.15, 0.2) is 22.8 Å². The summed E-state index contributed by atoms with van der Waals surface area (Å²) < 4.78 is 11.4. The van der Waals surface area contributed by atoms with E-state index in [4.69, 9.17) is 9.15 Å². The summed E-state index contributed by atoms with van der Waals surface area (Å²) in [7, 11) is 0. The Morgan fingerprint density at radius 2 is 2.31 bits per heavy atom. The Labute approximate surface area is 97.2 Å². The van der Waals surface area contributed by atoms with Crippen molar-refractivity contribution in [2.75, 3.05) is 13.2 Å². The molecular weight excluding hydrogens is 202 g/mol. The number of ether oxygens (including phenoxy) is 1. The highest BCUT2D eigenvalue weighted by Gasteiger charge is 2.38. The lowest BCUT2D eigenvalue weighted by atomic mass is 10.0. The minimum Gasteiger partial charge on any atom is -0.468 e. The standard InChI is InChI=1S/C13H21NO2/c1-3-14-12(11-6-5-9-16-11)13(15-4-2)10-7-8-10/h5-6,9-10,12-14H,3-4,7-8H2,1-2H3. The van der Waals surface area contributed by atoms with Crippen LogP contribution < -0.4 is 5.32 Å². The molecule has 0 aliphatic heterocycles. The number of hydrogen-bond acceptors (Lipinski definition) is 3. The third-order valence-corrected chi connectivity index (χ3v) is 3.05. The molecule has 1 aromatic heterocycles. The summed E-state index contributed by atoms with van der Waals surface area (Å²) in [6.45, 7) is 5.87. The van der Waals surface area contributed by atoms with Gasteiger partial charge in [-0.1, -0.05) is 6.92 Å². The predicted octanol–water partition coefficient (Wildman–Crippen LogP) is 2.75. The van der Waals surface area contributed by atoms with Gasteiger partial charge in [0.15, 0.2) is 0 Å². The molecule has 1 aromatic rings. The van der Waals surface area contributed by atoms with Crippen molar-refractivity contribution in [3.8, 4) is 0 Å². The molecule has 2 rings (SSSR count). The summed E-state index contributed by atoms with van der Waals surface area (Å²) >= 11 is 0. The lowest BCUT2D eigenvalue weighted by Crippen LogP contribution is -2.35. The molecule has 0 aromatic carbocycles. The van der Waals surface area contributed by atoms with Crippen LogP contribution in [0.3, 0.4) is 0 Å². The van der Waals surface area contributed by atoms with Crippen LogP contribution in [-0.4, -0.2) is 19.3 Å². The Hall–Kier alpha value is -0.800. The van der Waals surface area contributed by atoms with Gasteiger partial charge in [0, 0.05) is 6.61 Å². The maximum absolute atomic E-state index is 5.88. The van der Waals surface area contributed by atoms with E-state index < -0.39 is 0 Å². The van der Waals surface area contributed by atoms with E-state index in [0.717, 1.165) is 18.9 Å². The summed E-state index contributed by atoms with van der Waals surface area (Å²) in [5.74, 6) is 1.70. The van der Waals surface area contributed by atoms with Gasteiger partial charge in [0.1, 0.15) is 5.76 Å².